The Balaban J connectivity index is 1.38. The number of amides is 1. The highest BCUT2D eigenvalue weighted by Crippen LogP contribution is 2.31. The van der Waals surface area contributed by atoms with Crippen LogP contribution in [-0.4, -0.2) is 11.7 Å². The molecule has 1 saturated carbocycles. The molecule has 6 heteroatoms. The van der Waals surface area contributed by atoms with Crippen LogP contribution in [0.15, 0.2) is 76.2 Å². The van der Waals surface area contributed by atoms with Gasteiger partial charge in [-0.15, -0.1) is 11.3 Å². The van der Waals surface area contributed by atoms with Crippen LogP contribution in [0.3, 0.4) is 0 Å². The van der Waals surface area contributed by atoms with E-state index < -0.39 is 0 Å². The van der Waals surface area contributed by atoms with Crippen molar-refractivity contribution in [3.8, 4) is 11.5 Å². The topological polar surface area (TPSA) is 55.4 Å². The van der Waals surface area contributed by atoms with Gasteiger partial charge in [-0.05, 0) is 95.4 Å². The molecule has 0 saturated heterocycles. The summed E-state index contributed by atoms with van der Waals surface area (Å²) < 4.78 is 6.80. The lowest BCUT2D eigenvalue weighted by Gasteiger charge is -2.25. The van der Waals surface area contributed by atoms with Gasteiger partial charge in [0.05, 0.1) is 10.2 Å². The number of unbranched alkanes of at least 4 members (excludes halogenated alkanes) is 1. The fourth-order valence-corrected chi connectivity index (χ4v) is 4.88. The van der Waals surface area contributed by atoms with Crippen molar-refractivity contribution in [2.24, 2.45) is 5.92 Å². The number of rotatable bonds is 11. The number of ketones is 1. The molecule has 34 heavy (non-hydrogen) atoms. The maximum absolute atomic E-state index is 13.0. The third-order valence-corrected chi connectivity index (χ3v) is 7.52. The minimum Gasteiger partial charge on any atom is -0.456 e. The Kier molecular flexibility index (Phi) is 8.72. The molecule has 0 spiro atoms. The fourth-order valence-electron chi connectivity index (χ4n) is 3.76. The molecule has 0 atom stereocenters. The van der Waals surface area contributed by atoms with Crippen LogP contribution in [0.2, 0.25) is 0 Å². The van der Waals surface area contributed by atoms with Gasteiger partial charge < -0.3 is 10.1 Å². The Hall–Kier alpha value is -2.70. The molecule has 0 bridgehead atoms. The standard InChI is InChI=1S/C28H28BrNO3S/c29-24-11-2-3-12-26(24)33-22-16-14-20(15-17-22)19-25(28(32)21-7-5-8-21)30-27(31)13-4-1-9-23-10-6-18-34-23/h2-3,6,10-12,14-19,21H,1,4-5,7-9,13H2,(H,30,31)/b25-19-. The van der Waals surface area contributed by atoms with E-state index in [1.165, 1.54) is 4.88 Å². The minimum atomic E-state index is -0.0982. The zero-order valence-corrected chi connectivity index (χ0v) is 21.4. The van der Waals surface area contributed by atoms with Crippen LogP contribution in [0.5, 0.6) is 11.5 Å². The van der Waals surface area contributed by atoms with Crippen molar-refractivity contribution in [3.05, 3.63) is 86.7 Å². The number of ether oxygens (including phenoxy) is 1. The summed E-state index contributed by atoms with van der Waals surface area (Å²) >= 11 is 5.23. The van der Waals surface area contributed by atoms with Crippen molar-refractivity contribution in [1.29, 1.82) is 0 Å². The van der Waals surface area contributed by atoms with Gasteiger partial charge in [-0.3, -0.25) is 9.59 Å². The number of hydrogen-bond acceptors (Lipinski definition) is 4. The van der Waals surface area contributed by atoms with Crippen LogP contribution in [0.1, 0.15) is 49.0 Å². The first-order chi connectivity index (χ1) is 16.6. The average Bonchev–Trinajstić information content (AvgIpc) is 3.31. The van der Waals surface area contributed by atoms with Crippen LogP contribution in [0.25, 0.3) is 6.08 Å². The van der Waals surface area contributed by atoms with Crippen molar-refractivity contribution >= 4 is 45.0 Å². The second-order valence-electron chi connectivity index (χ2n) is 8.49. The highest BCUT2D eigenvalue weighted by Gasteiger charge is 2.28. The molecule has 0 unspecified atom stereocenters. The van der Waals surface area contributed by atoms with Gasteiger partial charge >= 0.3 is 0 Å². The summed E-state index contributed by atoms with van der Waals surface area (Å²) in [7, 11) is 0. The van der Waals surface area contributed by atoms with Crippen molar-refractivity contribution in [3.63, 3.8) is 0 Å². The van der Waals surface area contributed by atoms with Crippen LogP contribution in [0, 0.1) is 5.92 Å². The second kappa shape index (κ2) is 12.1. The first kappa shape index (κ1) is 24.4. The summed E-state index contributed by atoms with van der Waals surface area (Å²) in [6, 6.07) is 19.4. The molecule has 3 aromatic rings. The minimum absolute atomic E-state index is 0.0171. The van der Waals surface area contributed by atoms with E-state index >= 15 is 0 Å². The highest BCUT2D eigenvalue weighted by molar-refractivity contribution is 9.10. The fraction of sp³-hybridized carbons (Fsp3) is 0.286. The van der Waals surface area contributed by atoms with E-state index in [2.05, 4.69) is 38.8 Å². The molecular formula is C28H28BrNO3S. The molecule has 1 aliphatic rings. The lowest BCUT2D eigenvalue weighted by Crippen LogP contribution is -2.33. The first-order valence-corrected chi connectivity index (χ1v) is 13.4. The van der Waals surface area contributed by atoms with Crippen molar-refractivity contribution in [1.82, 2.24) is 5.32 Å². The average molecular weight is 539 g/mol. The normalized spacial score (nSPS) is 13.9. The maximum atomic E-state index is 13.0. The zero-order chi connectivity index (χ0) is 23.8. The number of carbonyl (C=O) groups excluding carboxylic acids is 2. The van der Waals surface area contributed by atoms with E-state index in [9.17, 15) is 9.59 Å². The number of carbonyl (C=O) groups is 2. The van der Waals surface area contributed by atoms with Gasteiger partial charge in [-0.1, -0.05) is 36.8 Å². The molecule has 1 aliphatic carbocycles. The van der Waals surface area contributed by atoms with E-state index in [0.29, 0.717) is 17.9 Å². The molecule has 1 heterocycles. The Morgan fingerprint density at radius 1 is 1.03 bits per heavy atom. The highest BCUT2D eigenvalue weighted by atomic mass is 79.9. The van der Waals surface area contributed by atoms with Crippen LogP contribution >= 0.6 is 27.3 Å². The number of halogens is 1. The molecule has 1 amide bonds. The maximum Gasteiger partial charge on any atom is 0.224 e. The van der Waals surface area contributed by atoms with Gasteiger partial charge in [0.1, 0.15) is 11.5 Å². The van der Waals surface area contributed by atoms with Crippen molar-refractivity contribution in [2.75, 3.05) is 0 Å². The third kappa shape index (κ3) is 6.90. The molecule has 0 radical (unpaired) electrons. The van der Waals surface area contributed by atoms with Crippen molar-refractivity contribution in [2.45, 2.75) is 44.9 Å². The molecule has 176 valence electrons. The number of aryl methyl sites for hydroxylation is 1. The van der Waals surface area contributed by atoms with E-state index in [0.717, 1.165) is 54.3 Å². The Morgan fingerprint density at radius 2 is 1.82 bits per heavy atom. The number of allylic oxidation sites excluding steroid dienone is 1. The van der Waals surface area contributed by atoms with Gasteiger partial charge in [-0.25, -0.2) is 0 Å². The van der Waals surface area contributed by atoms with E-state index in [1.54, 1.807) is 17.4 Å². The summed E-state index contributed by atoms with van der Waals surface area (Å²) in [5, 5.41) is 4.98. The molecule has 1 aromatic heterocycles. The Bertz CT molecular complexity index is 1130. The number of para-hydroxylation sites is 1. The summed E-state index contributed by atoms with van der Waals surface area (Å²) in [5.74, 6) is 1.39. The molecule has 4 rings (SSSR count). The quantitative estimate of drug-likeness (QED) is 0.203. The number of nitrogens with one attached hydrogen (secondary N) is 1. The summed E-state index contributed by atoms with van der Waals surface area (Å²) in [4.78, 5) is 26.9. The van der Waals surface area contributed by atoms with Crippen molar-refractivity contribution < 1.29 is 14.3 Å². The molecule has 4 nitrogen and oxygen atoms in total. The van der Waals surface area contributed by atoms with Gasteiger partial charge in [0, 0.05) is 17.2 Å². The van der Waals surface area contributed by atoms with E-state index in [-0.39, 0.29) is 17.6 Å². The summed E-state index contributed by atoms with van der Waals surface area (Å²) in [6.45, 7) is 0. The van der Waals surface area contributed by atoms with Crippen LogP contribution < -0.4 is 10.1 Å². The third-order valence-electron chi connectivity index (χ3n) is 5.93. The largest absolute Gasteiger partial charge is 0.456 e. The smallest absolute Gasteiger partial charge is 0.224 e. The van der Waals surface area contributed by atoms with Crippen LogP contribution in [-0.2, 0) is 16.0 Å². The van der Waals surface area contributed by atoms with Crippen LogP contribution in [0.4, 0.5) is 0 Å². The molecule has 2 aromatic carbocycles. The Labute approximate surface area is 213 Å². The molecule has 0 aliphatic heterocycles. The van der Waals surface area contributed by atoms with E-state index in [1.807, 2.05) is 48.5 Å². The SMILES string of the molecule is O=C(CCCCc1cccs1)N/C(=C\c1ccc(Oc2ccccc2Br)cc1)C(=O)C1CCC1. The van der Waals surface area contributed by atoms with E-state index in [4.69, 9.17) is 4.74 Å². The van der Waals surface area contributed by atoms with Gasteiger partial charge in [-0.2, -0.15) is 0 Å². The van der Waals surface area contributed by atoms with Gasteiger partial charge in [0.2, 0.25) is 5.91 Å². The summed E-state index contributed by atoms with van der Waals surface area (Å²) in [5.41, 5.74) is 1.24. The predicted octanol–water partition coefficient (Wildman–Crippen LogP) is 7.54. The zero-order valence-electron chi connectivity index (χ0n) is 19.0. The number of hydrogen-bond donors (Lipinski definition) is 1. The number of thiophene rings is 1. The number of Topliss-reactive ketones (excluding diaryl/α,β-unsaturated/α-hetero) is 1. The Morgan fingerprint density at radius 3 is 2.50 bits per heavy atom. The van der Waals surface area contributed by atoms with Gasteiger partial charge in [0.25, 0.3) is 0 Å². The molecule has 1 N–H and O–H groups in total. The second-order valence-corrected chi connectivity index (χ2v) is 10.4. The lowest BCUT2D eigenvalue weighted by atomic mass is 9.81. The predicted molar refractivity (Wildman–Crippen MR) is 141 cm³/mol. The van der Waals surface area contributed by atoms with Gasteiger partial charge in [0.15, 0.2) is 5.78 Å². The monoisotopic (exact) mass is 537 g/mol. The number of benzene rings is 2. The first-order valence-electron chi connectivity index (χ1n) is 11.7. The summed E-state index contributed by atoms with van der Waals surface area (Å²) in [6.07, 6.45) is 7.81. The lowest BCUT2D eigenvalue weighted by molar-refractivity contribution is -0.125. The molecule has 1 fully saturated rings. The molecular weight excluding hydrogens is 510 g/mol.